The van der Waals surface area contributed by atoms with Crippen molar-refractivity contribution in [3.05, 3.63) is 57.2 Å². The first-order valence-corrected chi connectivity index (χ1v) is 6.92. The number of hydrogen-bond donors (Lipinski definition) is 0. The van der Waals surface area contributed by atoms with E-state index in [4.69, 9.17) is 11.6 Å². The summed E-state index contributed by atoms with van der Waals surface area (Å²) in [6.45, 7) is 0. The molecule has 2 heterocycles. The molecular formula is C14H11ClN2S. The lowest BCUT2D eigenvalue weighted by molar-refractivity contribution is 0.894. The highest BCUT2D eigenvalue weighted by Crippen LogP contribution is 2.23. The predicted molar refractivity (Wildman–Crippen MR) is 78.3 cm³/mol. The van der Waals surface area contributed by atoms with E-state index in [9.17, 15) is 0 Å². The molecule has 0 bridgehead atoms. The first-order valence-electron chi connectivity index (χ1n) is 5.73. The number of thiophene rings is 1. The summed E-state index contributed by atoms with van der Waals surface area (Å²) in [4.78, 5) is 10.3. The molecule has 4 heteroatoms. The van der Waals surface area contributed by atoms with Crippen molar-refractivity contribution in [1.29, 1.82) is 0 Å². The molecule has 0 amide bonds. The molecular weight excluding hydrogens is 264 g/mol. The lowest BCUT2D eigenvalue weighted by Gasteiger charge is -2.00. The largest absolute Gasteiger partial charge is 0.257 e. The van der Waals surface area contributed by atoms with E-state index in [-0.39, 0.29) is 6.04 Å². The number of amidine groups is 1. The van der Waals surface area contributed by atoms with Gasteiger partial charge in [-0.15, -0.1) is 11.3 Å². The van der Waals surface area contributed by atoms with Crippen molar-refractivity contribution in [2.45, 2.75) is 12.5 Å². The minimum Gasteiger partial charge on any atom is -0.257 e. The van der Waals surface area contributed by atoms with Crippen LogP contribution in [0, 0.1) is 0 Å². The van der Waals surface area contributed by atoms with Gasteiger partial charge in [-0.3, -0.25) is 4.99 Å². The van der Waals surface area contributed by atoms with Crippen LogP contribution in [0.3, 0.4) is 0 Å². The first kappa shape index (κ1) is 11.6. The molecule has 0 N–H and O–H groups in total. The summed E-state index contributed by atoms with van der Waals surface area (Å²) in [5.74, 6) is 0.822. The number of halogens is 1. The summed E-state index contributed by atoms with van der Waals surface area (Å²) in [6, 6.07) is 14.2. The molecule has 0 radical (unpaired) electrons. The second kappa shape index (κ2) is 5.04. The summed E-state index contributed by atoms with van der Waals surface area (Å²) in [7, 11) is 0. The predicted octanol–water partition coefficient (Wildman–Crippen LogP) is 3.84. The van der Waals surface area contributed by atoms with Gasteiger partial charge in [0.15, 0.2) is 5.84 Å². The van der Waals surface area contributed by atoms with Crippen molar-refractivity contribution in [1.82, 2.24) is 0 Å². The molecule has 0 spiro atoms. The molecule has 1 aromatic heterocycles. The van der Waals surface area contributed by atoms with Gasteiger partial charge < -0.3 is 0 Å². The van der Waals surface area contributed by atoms with Gasteiger partial charge >= 0.3 is 0 Å². The monoisotopic (exact) mass is 274 g/mol. The molecule has 0 saturated heterocycles. The third-order valence-electron chi connectivity index (χ3n) is 2.73. The normalized spacial score (nSPS) is 18.1. The zero-order valence-electron chi connectivity index (χ0n) is 9.58. The van der Waals surface area contributed by atoms with Crippen molar-refractivity contribution >= 4 is 35.0 Å². The van der Waals surface area contributed by atoms with E-state index in [1.807, 2.05) is 42.6 Å². The van der Waals surface area contributed by atoms with Gasteiger partial charge in [-0.25, -0.2) is 4.99 Å². The topological polar surface area (TPSA) is 24.7 Å². The van der Waals surface area contributed by atoms with Crippen LogP contribution in [0.25, 0.3) is 0 Å². The summed E-state index contributed by atoms with van der Waals surface area (Å²) < 4.78 is 0.826. The Labute approximate surface area is 115 Å². The Morgan fingerprint density at radius 3 is 2.67 bits per heavy atom. The van der Waals surface area contributed by atoms with Crippen LogP contribution in [0.15, 0.2) is 52.4 Å². The van der Waals surface area contributed by atoms with E-state index in [0.29, 0.717) is 0 Å². The van der Waals surface area contributed by atoms with Gasteiger partial charge in [0.1, 0.15) is 0 Å². The zero-order chi connectivity index (χ0) is 12.4. The molecule has 2 nitrogen and oxygen atoms in total. The maximum atomic E-state index is 5.92. The fourth-order valence-electron chi connectivity index (χ4n) is 1.88. The van der Waals surface area contributed by atoms with Gasteiger partial charge in [-0.1, -0.05) is 41.9 Å². The van der Waals surface area contributed by atoms with Crippen LogP contribution in [0.2, 0.25) is 4.34 Å². The average molecular weight is 275 g/mol. The third-order valence-corrected chi connectivity index (χ3v) is 3.98. The SMILES string of the molecule is Clc1ccc(CC2C=NC(c3ccccc3)=N2)s1. The average Bonchev–Trinajstić information content (AvgIpc) is 3.01. The Hall–Kier alpha value is -1.45. The second-order valence-corrected chi connectivity index (χ2v) is 5.87. The molecule has 1 aliphatic heterocycles. The molecule has 1 aliphatic rings. The van der Waals surface area contributed by atoms with Gasteiger partial charge in [-0.2, -0.15) is 0 Å². The van der Waals surface area contributed by atoms with Crippen molar-refractivity contribution < 1.29 is 0 Å². The number of aliphatic imine (C=N–C) groups is 2. The second-order valence-electron chi connectivity index (χ2n) is 4.07. The fraction of sp³-hybridized carbons (Fsp3) is 0.143. The first-order chi connectivity index (χ1) is 8.81. The van der Waals surface area contributed by atoms with E-state index in [1.165, 1.54) is 4.88 Å². The highest BCUT2D eigenvalue weighted by molar-refractivity contribution is 7.16. The Morgan fingerprint density at radius 2 is 1.94 bits per heavy atom. The number of rotatable bonds is 3. The van der Waals surface area contributed by atoms with Crippen molar-refractivity contribution in [3.8, 4) is 0 Å². The summed E-state index contributed by atoms with van der Waals surface area (Å²) in [5, 5.41) is 0. The molecule has 18 heavy (non-hydrogen) atoms. The van der Waals surface area contributed by atoms with E-state index >= 15 is 0 Å². The number of nitrogens with zero attached hydrogens (tertiary/aromatic N) is 2. The molecule has 1 unspecified atom stereocenters. The smallest absolute Gasteiger partial charge is 0.154 e. The molecule has 0 aliphatic carbocycles. The number of hydrogen-bond acceptors (Lipinski definition) is 3. The standard InChI is InChI=1S/C14H11ClN2S/c15-13-7-6-12(18-13)8-11-9-16-14(17-11)10-4-2-1-3-5-10/h1-7,9,11H,8H2. The molecule has 1 aromatic carbocycles. The number of benzene rings is 1. The maximum Gasteiger partial charge on any atom is 0.154 e. The van der Waals surface area contributed by atoms with E-state index in [2.05, 4.69) is 16.1 Å². The molecule has 0 saturated carbocycles. The Bertz CT molecular complexity index is 601. The molecule has 1 atom stereocenters. The molecule has 3 rings (SSSR count). The summed E-state index contributed by atoms with van der Waals surface area (Å²) in [6.07, 6.45) is 2.78. The van der Waals surface area contributed by atoms with Gasteiger partial charge in [0.25, 0.3) is 0 Å². The maximum absolute atomic E-state index is 5.92. The Kier molecular flexibility index (Phi) is 3.26. The van der Waals surface area contributed by atoms with Crippen LogP contribution in [-0.4, -0.2) is 18.1 Å². The van der Waals surface area contributed by atoms with E-state index < -0.39 is 0 Å². The Morgan fingerprint density at radius 1 is 1.11 bits per heavy atom. The van der Waals surface area contributed by atoms with Crippen LogP contribution < -0.4 is 0 Å². The minimum atomic E-state index is 0.134. The third kappa shape index (κ3) is 2.52. The lowest BCUT2D eigenvalue weighted by Crippen LogP contribution is -2.06. The van der Waals surface area contributed by atoms with Crippen molar-refractivity contribution in [2.75, 3.05) is 0 Å². The van der Waals surface area contributed by atoms with Crippen molar-refractivity contribution in [2.24, 2.45) is 9.98 Å². The zero-order valence-corrected chi connectivity index (χ0v) is 11.2. The minimum absolute atomic E-state index is 0.134. The fourth-order valence-corrected chi connectivity index (χ4v) is 3.02. The van der Waals surface area contributed by atoms with Crippen LogP contribution >= 0.6 is 22.9 Å². The molecule has 0 fully saturated rings. The van der Waals surface area contributed by atoms with Crippen LogP contribution in [0.5, 0.6) is 0 Å². The quantitative estimate of drug-likeness (QED) is 0.812. The van der Waals surface area contributed by atoms with E-state index in [0.717, 1.165) is 22.2 Å². The van der Waals surface area contributed by atoms with Crippen LogP contribution in [0.1, 0.15) is 10.4 Å². The van der Waals surface area contributed by atoms with Gasteiger partial charge in [0, 0.05) is 23.1 Å². The van der Waals surface area contributed by atoms with Gasteiger partial charge in [0.2, 0.25) is 0 Å². The summed E-state index contributed by atoms with van der Waals surface area (Å²) in [5.41, 5.74) is 1.07. The summed E-state index contributed by atoms with van der Waals surface area (Å²) >= 11 is 7.53. The molecule has 2 aromatic rings. The van der Waals surface area contributed by atoms with Gasteiger partial charge in [0.05, 0.1) is 10.4 Å². The highest BCUT2D eigenvalue weighted by Gasteiger charge is 2.15. The van der Waals surface area contributed by atoms with Gasteiger partial charge in [-0.05, 0) is 12.1 Å². The van der Waals surface area contributed by atoms with Crippen LogP contribution in [0.4, 0.5) is 0 Å². The van der Waals surface area contributed by atoms with E-state index in [1.54, 1.807) is 11.3 Å². The highest BCUT2D eigenvalue weighted by atomic mass is 35.5. The lowest BCUT2D eigenvalue weighted by atomic mass is 10.2. The van der Waals surface area contributed by atoms with Crippen molar-refractivity contribution in [3.63, 3.8) is 0 Å². The molecule has 90 valence electrons. The Balaban J connectivity index is 1.75. The van der Waals surface area contributed by atoms with Crippen LogP contribution in [-0.2, 0) is 6.42 Å².